The van der Waals surface area contributed by atoms with E-state index in [1.165, 1.54) is 4.31 Å². The van der Waals surface area contributed by atoms with E-state index in [1.54, 1.807) is 0 Å². The molecule has 0 saturated carbocycles. The van der Waals surface area contributed by atoms with Crippen molar-refractivity contribution in [1.29, 1.82) is 0 Å². The van der Waals surface area contributed by atoms with Gasteiger partial charge in [0.05, 0.1) is 28.7 Å². The molecule has 0 unspecified atom stereocenters. The molecule has 1 amide bonds. The Morgan fingerprint density at radius 3 is 2.50 bits per heavy atom. The fourth-order valence-corrected chi connectivity index (χ4v) is 5.37. The summed E-state index contributed by atoms with van der Waals surface area (Å²) in [4.78, 5) is 12.9. The summed E-state index contributed by atoms with van der Waals surface area (Å²) in [5, 5.41) is 8.48. The smallest absolute Gasteiger partial charge is 0.427 e. The molecule has 2 heterocycles. The zero-order valence-corrected chi connectivity index (χ0v) is 18.2. The van der Waals surface area contributed by atoms with Gasteiger partial charge in [-0.1, -0.05) is 11.6 Å². The van der Waals surface area contributed by atoms with E-state index >= 15 is 0 Å². The summed E-state index contributed by atoms with van der Waals surface area (Å²) in [5.41, 5.74) is -0.938. The molecule has 2 aliphatic heterocycles. The van der Waals surface area contributed by atoms with Crippen LogP contribution in [0, 0.1) is 5.82 Å². The van der Waals surface area contributed by atoms with Gasteiger partial charge in [0.1, 0.15) is 5.82 Å². The Hall–Kier alpha value is -1.67. The van der Waals surface area contributed by atoms with E-state index in [0.717, 1.165) is 23.1 Å². The predicted octanol–water partition coefficient (Wildman–Crippen LogP) is 2.39. The lowest BCUT2D eigenvalue weighted by Gasteiger charge is -2.46. The highest BCUT2D eigenvalue weighted by Crippen LogP contribution is 2.34. The predicted molar refractivity (Wildman–Crippen MR) is 103 cm³/mol. The van der Waals surface area contributed by atoms with Crippen LogP contribution in [-0.2, 0) is 19.5 Å². The molecule has 3 rings (SSSR count). The minimum atomic E-state index is -4.90. The first-order valence-corrected chi connectivity index (χ1v) is 11.4. The number of carbonyl (C=O) groups is 1. The molecule has 8 nitrogen and oxygen atoms in total. The van der Waals surface area contributed by atoms with Crippen molar-refractivity contribution < 1.29 is 45.4 Å². The largest absolute Gasteiger partial charge is 0.434 e. The molecule has 0 bridgehead atoms. The molecule has 1 N–H and O–H groups in total. The van der Waals surface area contributed by atoms with Gasteiger partial charge in [0.25, 0.3) is 0 Å². The van der Waals surface area contributed by atoms with E-state index in [1.807, 2.05) is 0 Å². The van der Waals surface area contributed by atoms with E-state index in [-0.39, 0.29) is 55.5 Å². The number of piperidine rings is 1. The van der Waals surface area contributed by atoms with Gasteiger partial charge in [0.2, 0.25) is 16.1 Å². The molecule has 0 aliphatic carbocycles. The Morgan fingerprint density at radius 2 is 1.94 bits per heavy atom. The number of alkyl halides is 3. The van der Waals surface area contributed by atoms with Crippen LogP contribution in [0.5, 0.6) is 0 Å². The Labute approximate surface area is 186 Å². The highest BCUT2D eigenvalue weighted by atomic mass is 35.5. The van der Waals surface area contributed by atoms with Crippen LogP contribution < -0.4 is 0 Å². The summed E-state index contributed by atoms with van der Waals surface area (Å²) in [5.74, 6) is -0.753. The normalized spacial score (nSPS) is 20.9. The number of ether oxygens (including phenoxy) is 2. The number of hydrogen-bond donors (Lipinski definition) is 1. The molecule has 1 aromatic rings. The lowest BCUT2D eigenvalue weighted by Crippen LogP contribution is -2.58. The molecule has 1 aromatic carbocycles. The van der Waals surface area contributed by atoms with Crippen molar-refractivity contribution in [1.82, 2.24) is 9.21 Å². The third-order valence-electron chi connectivity index (χ3n) is 5.45. The van der Waals surface area contributed by atoms with Gasteiger partial charge in [0, 0.05) is 26.2 Å². The van der Waals surface area contributed by atoms with Crippen LogP contribution in [0.15, 0.2) is 23.1 Å². The molecule has 2 aliphatic rings. The van der Waals surface area contributed by atoms with E-state index in [2.05, 4.69) is 4.74 Å². The second kappa shape index (κ2) is 9.29. The minimum absolute atomic E-state index is 0.0227. The lowest BCUT2D eigenvalue weighted by molar-refractivity contribution is -0.215. The van der Waals surface area contributed by atoms with Crippen LogP contribution >= 0.6 is 11.6 Å². The SMILES string of the molecule is O=C(O[C@H](CO)C(F)(F)F)N1CCC2(CC1)CN(S(=O)(=O)c1ccc(F)c(Cl)c1)CCO2. The number of halogens is 5. The fraction of sp³-hybridized carbons (Fsp3) is 0.611. The Bertz CT molecular complexity index is 953. The number of nitrogens with zero attached hydrogens (tertiary/aromatic N) is 2. The maximum absolute atomic E-state index is 13.4. The number of sulfonamides is 1. The van der Waals surface area contributed by atoms with Gasteiger partial charge in [-0.15, -0.1) is 0 Å². The molecule has 2 fully saturated rings. The van der Waals surface area contributed by atoms with Crippen LogP contribution in [0.25, 0.3) is 0 Å². The van der Waals surface area contributed by atoms with Crippen LogP contribution in [0.1, 0.15) is 12.8 Å². The van der Waals surface area contributed by atoms with Crippen molar-refractivity contribution in [3.8, 4) is 0 Å². The average Bonchev–Trinajstić information content (AvgIpc) is 2.73. The fourth-order valence-electron chi connectivity index (χ4n) is 3.60. The summed E-state index contributed by atoms with van der Waals surface area (Å²) in [6.45, 7) is -1.37. The van der Waals surface area contributed by atoms with E-state index in [4.69, 9.17) is 21.4 Å². The number of aliphatic hydroxyl groups is 1. The third-order valence-corrected chi connectivity index (χ3v) is 7.58. The quantitative estimate of drug-likeness (QED) is 0.633. The first kappa shape index (κ1) is 25.0. The highest BCUT2D eigenvalue weighted by Gasteiger charge is 2.46. The van der Waals surface area contributed by atoms with Crippen molar-refractivity contribution in [2.75, 3.05) is 39.4 Å². The summed E-state index contributed by atoms with van der Waals surface area (Å²) in [6, 6.07) is 3.08. The molecule has 14 heteroatoms. The Morgan fingerprint density at radius 1 is 1.28 bits per heavy atom. The molecule has 180 valence electrons. The molecule has 0 aromatic heterocycles. The number of rotatable bonds is 4. The summed E-state index contributed by atoms with van der Waals surface area (Å²) in [7, 11) is -4.00. The van der Waals surface area contributed by atoms with Crippen LogP contribution in [0.2, 0.25) is 5.02 Å². The zero-order chi connectivity index (χ0) is 23.7. The standard InChI is InChI=1S/C18H21ClF4N2O6S/c19-13-9-12(1-2-14(13)20)32(28,29)25-7-8-30-17(11-25)3-5-24(6-4-17)16(27)31-15(10-26)18(21,22)23/h1-2,9,15,26H,3-8,10-11H2/t15-/m1/s1. The Balaban J connectivity index is 1.65. The van der Waals surface area contributed by atoms with Crippen molar-refractivity contribution in [3.63, 3.8) is 0 Å². The minimum Gasteiger partial charge on any atom is -0.434 e. The zero-order valence-electron chi connectivity index (χ0n) is 16.6. The lowest BCUT2D eigenvalue weighted by atomic mass is 9.90. The van der Waals surface area contributed by atoms with Crippen molar-refractivity contribution in [2.45, 2.75) is 35.6 Å². The number of hydrogen-bond acceptors (Lipinski definition) is 6. The van der Waals surface area contributed by atoms with E-state index in [9.17, 15) is 30.8 Å². The molecule has 32 heavy (non-hydrogen) atoms. The highest BCUT2D eigenvalue weighted by molar-refractivity contribution is 7.89. The maximum atomic E-state index is 13.4. The summed E-state index contributed by atoms with van der Waals surface area (Å²) < 4.78 is 88.8. The molecule has 1 atom stereocenters. The topological polar surface area (TPSA) is 96.4 Å². The second-order valence-electron chi connectivity index (χ2n) is 7.53. The number of likely N-dealkylation sites (tertiary alicyclic amines) is 1. The summed E-state index contributed by atoms with van der Waals surface area (Å²) >= 11 is 5.70. The van der Waals surface area contributed by atoms with Gasteiger partial charge in [0.15, 0.2) is 0 Å². The van der Waals surface area contributed by atoms with Gasteiger partial charge in [-0.05, 0) is 31.0 Å². The second-order valence-corrected chi connectivity index (χ2v) is 9.87. The summed E-state index contributed by atoms with van der Waals surface area (Å²) in [6.07, 6.45) is -8.42. The molecule has 2 saturated heterocycles. The van der Waals surface area contributed by atoms with Crippen molar-refractivity contribution in [2.24, 2.45) is 0 Å². The van der Waals surface area contributed by atoms with Crippen LogP contribution in [-0.4, -0.2) is 86.1 Å². The van der Waals surface area contributed by atoms with Gasteiger partial charge >= 0.3 is 12.3 Å². The number of benzene rings is 1. The average molecular weight is 505 g/mol. The van der Waals surface area contributed by atoms with Crippen LogP contribution in [0.3, 0.4) is 0 Å². The molecular weight excluding hydrogens is 484 g/mol. The van der Waals surface area contributed by atoms with Crippen LogP contribution in [0.4, 0.5) is 22.4 Å². The van der Waals surface area contributed by atoms with Gasteiger partial charge in [-0.2, -0.15) is 17.5 Å². The monoisotopic (exact) mass is 504 g/mol. The first-order valence-electron chi connectivity index (χ1n) is 9.60. The van der Waals surface area contributed by atoms with Gasteiger partial charge in [-0.25, -0.2) is 17.6 Å². The number of morpholine rings is 1. The number of carbonyl (C=O) groups excluding carboxylic acids is 1. The first-order chi connectivity index (χ1) is 14.9. The number of aliphatic hydroxyl groups excluding tert-OH is 1. The number of amides is 1. The maximum Gasteiger partial charge on any atom is 0.427 e. The molecule has 0 radical (unpaired) electrons. The molecule has 1 spiro atoms. The van der Waals surface area contributed by atoms with Gasteiger partial charge in [-0.3, -0.25) is 0 Å². The third kappa shape index (κ3) is 5.28. The van der Waals surface area contributed by atoms with E-state index in [0.29, 0.717) is 0 Å². The van der Waals surface area contributed by atoms with Crippen molar-refractivity contribution >= 4 is 27.7 Å². The van der Waals surface area contributed by atoms with Crippen molar-refractivity contribution in [3.05, 3.63) is 29.0 Å². The molecular formula is C18H21ClF4N2O6S. The van der Waals surface area contributed by atoms with E-state index < -0.39 is 46.4 Å². The Kier molecular flexibility index (Phi) is 7.25. The van der Waals surface area contributed by atoms with Gasteiger partial charge < -0.3 is 19.5 Å².